The quantitative estimate of drug-likeness (QED) is 0.832. The second-order valence-corrected chi connectivity index (χ2v) is 5.37. The summed E-state index contributed by atoms with van der Waals surface area (Å²) < 4.78 is 5.20. The van der Waals surface area contributed by atoms with Gasteiger partial charge in [-0.2, -0.15) is 0 Å². The third-order valence-electron chi connectivity index (χ3n) is 3.37. The molecule has 1 atom stereocenters. The average molecular weight is 251 g/mol. The fraction of sp³-hybridized carbons (Fsp3) is 0.692. The van der Waals surface area contributed by atoms with Crippen molar-refractivity contribution < 1.29 is 9.32 Å². The van der Waals surface area contributed by atoms with E-state index in [2.05, 4.69) is 10.5 Å². The van der Waals surface area contributed by atoms with E-state index in [4.69, 9.17) is 10.3 Å². The van der Waals surface area contributed by atoms with Crippen molar-refractivity contribution in [3.8, 4) is 0 Å². The van der Waals surface area contributed by atoms with Gasteiger partial charge in [0.1, 0.15) is 5.56 Å². The predicted octanol–water partition coefficient (Wildman–Crippen LogP) is 1.57. The van der Waals surface area contributed by atoms with Crippen molar-refractivity contribution in [1.82, 2.24) is 10.5 Å². The summed E-state index contributed by atoms with van der Waals surface area (Å²) in [5.74, 6) is 1.24. The maximum atomic E-state index is 12.1. The first-order valence-electron chi connectivity index (χ1n) is 6.50. The van der Waals surface area contributed by atoms with E-state index in [1.54, 1.807) is 6.92 Å². The van der Waals surface area contributed by atoms with Crippen LogP contribution in [0.1, 0.15) is 54.4 Å². The van der Waals surface area contributed by atoms with Crippen LogP contribution in [0.5, 0.6) is 0 Å². The number of aromatic nitrogens is 1. The van der Waals surface area contributed by atoms with E-state index in [9.17, 15) is 4.79 Å². The molecule has 1 heterocycles. The van der Waals surface area contributed by atoms with Crippen LogP contribution in [-0.2, 0) is 0 Å². The van der Waals surface area contributed by atoms with Crippen LogP contribution < -0.4 is 11.1 Å². The summed E-state index contributed by atoms with van der Waals surface area (Å²) in [6.07, 6.45) is 2.36. The molecule has 0 aliphatic heterocycles. The molecule has 1 saturated carbocycles. The minimum Gasteiger partial charge on any atom is -0.360 e. The van der Waals surface area contributed by atoms with E-state index in [0.29, 0.717) is 29.5 Å². The van der Waals surface area contributed by atoms with Crippen molar-refractivity contribution in [1.29, 1.82) is 0 Å². The fourth-order valence-corrected chi connectivity index (χ4v) is 2.05. The lowest BCUT2D eigenvalue weighted by atomic mass is 10.0. The van der Waals surface area contributed by atoms with Crippen LogP contribution in [0, 0.1) is 12.8 Å². The molecule has 5 heteroatoms. The molecule has 0 saturated heterocycles. The van der Waals surface area contributed by atoms with Gasteiger partial charge >= 0.3 is 0 Å². The Labute approximate surface area is 107 Å². The average Bonchev–Trinajstić information content (AvgIpc) is 3.08. The van der Waals surface area contributed by atoms with Gasteiger partial charge in [-0.3, -0.25) is 4.79 Å². The summed E-state index contributed by atoms with van der Waals surface area (Å²) in [7, 11) is 0. The highest BCUT2D eigenvalue weighted by Gasteiger charge is 2.29. The molecule has 1 fully saturated rings. The van der Waals surface area contributed by atoms with E-state index in [-0.39, 0.29) is 17.9 Å². The molecular weight excluding hydrogens is 230 g/mol. The molecule has 3 N–H and O–H groups in total. The van der Waals surface area contributed by atoms with Crippen molar-refractivity contribution in [2.75, 3.05) is 6.54 Å². The molecule has 1 aromatic rings. The normalized spacial score (nSPS) is 16.9. The zero-order chi connectivity index (χ0) is 13.3. The Balaban J connectivity index is 2.01. The molecule has 1 amide bonds. The van der Waals surface area contributed by atoms with E-state index in [0.717, 1.165) is 0 Å². The number of nitrogens with two attached hydrogens (primary N) is 1. The third-order valence-corrected chi connectivity index (χ3v) is 3.37. The molecule has 1 aliphatic rings. The van der Waals surface area contributed by atoms with Crippen LogP contribution in [0.15, 0.2) is 4.52 Å². The Kier molecular flexibility index (Phi) is 3.71. The highest BCUT2D eigenvalue weighted by molar-refractivity contribution is 5.96. The van der Waals surface area contributed by atoms with Gasteiger partial charge in [-0.25, -0.2) is 0 Å². The molecular formula is C13H21N3O2. The van der Waals surface area contributed by atoms with Crippen LogP contribution in [0.2, 0.25) is 0 Å². The van der Waals surface area contributed by atoms with Gasteiger partial charge in [0, 0.05) is 18.5 Å². The standard InChI is InChI=1S/C13H21N3O2/c1-7(2)12-11(8(3)16-18-12)13(17)15-6-10(14)9-4-5-9/h7,9-10H,4-6,14H2,1-3H3,(H,15,17). The monoisotopic (exact) mass is 251 g/mol. The van der Waals surface area contributed by atoms with E-state index < -0.39 is 0 Å². The molecule has 1 unspecified atom stereocenters. The van der Waals surface area contributed by atoms with Gasteiger partial charge < -0.3 is 15.6 Å². The maximum Gasteiger partial charge on any atom is 0.256 e. The van der Waals surface area contributed by atoms with Crippen molar-refractivity contribution in [3.63, 3.8) is 0 Å². The second-order valence-electron chi connectivity index (χ2n) is 5.37. The van der Waals surface area contributed by atoms with E-state index in [1.165, 1.54) is 12.8 Å². The number of hydrogen-bond donors (Lipinski definition) is 2. The van der Waals surface area contributed by atoms with Gasteiger partial charge in [-0.1, -0.05) is 19.0 Å². The zero-order valence-corrected chi connectivity index (χ0v) is 11.2. The Morgan fingerprint density at radius 3 is 2.78 bits per heavy atom. The van der Waals surface area contributed by atoms with Crippen molar-refractivity contribution in [3.05, 3.63) is 17.0 Å². The van der Waals surface area contributed by atoms with Gasteiger partial charge in [0.05, 0.1) is 5.69 Å². The van der Waals surface area contributed by atoms with Gasteiger partial charge in [0.15, 0.2) is 5.76 Å². The lowest BCUT2D eigenvalue weighted by molar-refractivity contribution is 0.0947. The van der Waals surface area contributed by atoms with Crippen LogP contribution in [0.3, 0.4) is 0 Å². The number of aryl methyl sites for hydroxylation is 1. The largest absolute Gasteiger partial charge is 0.360 e. The minimum atomic E-state index is -0.131. The molecule has 0 bridgehead atoms. The summed E-state index contributed by atoms with van der Waals surface area (Å²) in [5, 5.41) is 6.74. The molecule has 2 rings (SSSR count). The number of nitrogens with zero attached hydrogens (tertiary/aromatic N) is 1. The number of amides is 1. The summed E-state index contributed by atoms with van der Waals surface area (Å²) >= 11 is 0. The predicted molar refractivity (Wildman–Crippen MR) is 68.4 cm³/mol. The van der Waals surface area contributed by atoms with Crippen molar-refractivity contribution in [2.24, 2.45) is 11.7 Å². The van der Waals surface area contributed by atoms with Crippen molar-refractivity contribution >= 4 is 5.91 Å². The molecule has 1 aromatic heterocycles. The zero-order valence-electron chi connectivity index (χ0n) is 11.2. The highest BCUT2D eigenvalue weighted by Crippen LogP contribution is 2.31. The number of carbonyl (C=O) groups is 1. The SMILES string of the molecule is Cc1noc(C(C)C)c1C(=O)NCC(N)C1CC1. The van der Waals surface area contributed by atoms with Crippen molar-refractivity contribution in [2.45, 2.75) is 45.6 Å². The second kappa shape index (κ2) is 5.10. The molecule has 0 radical (unpaired) electrons. The smallest absolute Gasteiger partial charge is 0.256 e. The topological polar surface area (TPSA) is 81.2 Å². The number of carbonyl (C=O) groups excluding carboxylic acids is 1. The minimum absolute atomic E-state index is 0.0663. The lowest BCUT2D eigenvalue weighted by Crippen LogP contribution is -2.38. The number of nitrogens with one attached hydrogen (secondary N) is 1. The first-order chi connectivity index (χ1) is 8.50. The number of hydrogen-bond acceptors (Lipinski definition) is 4. The summed E-state index contributed by atoms with van der Waals surface area (Å²) in [4.78, 5) is 12.1. The Bertz CT molecular complexity index is 435. The first kappa shape index (κ1) is 13.1. The third kappa shape index (κ3) is 2.72. The fourth-order valence-electron chi connectivity index (χ4n) is 2.05. The summed E-state index contributed by atoms with van der Waals surface area (Å²) in [6, 6.07) is 0.0663. The van der Waals surface area contributed by atoms with Crippen LogP contribution >= 0.6 is 0 Å². The van der Waals surface area contributed by atoms with Gasteiger partial charge in [-0.15, -0.1) is 0 Å². The van der Waals surface area contributed by atoms with E-state index in [1.807, 2.05) is 13.8 Å². The van der Waals surface area contributed by atoms with E-state index >= 15 is 0 Å². The molecule has 1 aliphatic carbocycles. The van der Waals surface area contributed by atoms with Gasteiger partial charge in [-0.05, 0) is 25.7 Å². The summed E-state index contributed by atoms with van der Waals surface area (Å²) in [5.41, 5.74) is 7.16. The summed E-state index contributed by atoms with van der Waals surface area (Å²) in [6.45, 7) is 6.26. The Morgan fingerprint density at radius 1 is 1.56 bits per heavy atom. The molecule has 0 spiro atoms. The lowest BCUT2D eigenvalue weighted by Gasteiger charge is -2.12. The molecule has 18 heavy (non-hydrogen) atoms. The number of rotatable bonds is 5. The Hall–Kier alpha value is -1.36. The highest BCUT2D eigenvalue weighted by atomic mass is 16.5. The van der Waals surface area contributed by atoms with Crippen LogP contribution in [0.4, 0.5) is 0 Å². The van der Waals surface area contributed by atoms with Crippen LogP contribution in [-0.4, -0.2) is 23.7 Å². The van der Waals surface area contributed by atoms with Crippen LogP contribution in [0.25, 0.3) is 0 Å². The first-order valence-corrected chi connectivity index (χ1v) is 6.50. The molecule has 0 aromatic carbocycles. The molecule has 100 valence electrons. The molecule has 5 nitrogen and oxygen atoms in total. The Morgan fingerprint density at radius 2 is 2.22 bits per heavy atom. The van der Waals surface area contributed by atoms with Gasteiger partial charge in [0.2, 0.25) is 0 Å². The van der Waals surface area contributed by atoms with Gasteiger partial charge in [0.25, 0.3) is 5.91 Å². The maximum absolute atomic E-state index is 12.1.